The van der Waals surface area contributed by atoms with Crippen LogP contribution in [-0.4, -0.2) is 6.71 Å². The van der Waals surface area contributed by atoms with Crippen LogP contribution in [0.5, 0.6) is 0 Å². The number of allylic oxidation sites excluding steroid dienone is 5. The summed E-state index contributed by atoms with van der Waals surface area (Å²) < 4.78 is 0. The molecule has 0 N–H and O–H groups in total. The molecule has 0 saturated heterocycles. The zero-order valence-electron chi connectivity index (χ0n) is 43.0. The highest BCUT2D eigenvalue weighted by Gasteiger charge is 2.54. The number of hydrogen-bond acceptors (Lipinski definition) is 0. The third-order valence-corrected chi connectivity index (χ3v) is 14.0. The van der Waals surface area contributed by atoms with E-state index in [-0.39, 0.29) is 10.8 Å². The van der Waals surface area contributed by atoms with Crippen LogP contribution < -0.4 is 5.46 Å². The van der Waals surface area contributed by atoms with E-state index in [1.165, 1.54) is 109 Å². The van der Waals surface area contributed by atoms with E-state index in [2.05, 4.69) is 241 Å². The Morgan fingerprint density at radius 1 is 0.606 bits per heavy atom. The summed E-state index contributed by atoms with van der Waals surface area (Å²) in [7, 11) is 0. The molecule has 0 amide bonds. The van der Waals surface area contributed by atoms with Crippen LogP contribution in [0, 0.1) is 19.8 Å². The number of benzene rings is 6. The fraction of sp³-hybridized carbons (Fsp3) is 0.323. The highest BCUT2D eigenvalue weighted by Crippen LogP contribution is 2.64. The molecule has 1 unspecified atom stereocenters. The zero-order chi connectivity index (χ0) is 48.2. The van der Waals surface area contributed by atoms with Gasteiger partial charge in [-0.05, 0) is 117 Å². The first kappa shape index (κ1) is 51.3. The van der Waals surface area contributed by atoms with Crippen LogP contribution in [0.25, 0.3) is 27.7 Å². The average Bonchev–Trinajstić information content (AvgIpc) is 3.66. The highest BCUT2D eigenvalue weighted by molar-refractivity contribution is 6.88. The lowest BCUT2D eigenvalue weighted by Gasteiger charge is -2.47. The molecule has 0 nitrogen and oxygen atoms in total. The smallest absolute Gasteiger partial charge is 0.104 e. The third-order valence-electron chi connectivity index (χ3n) is 14.0. The lowest BCUT2D eigenvalue weighted by atomic mass is 9.41. The van der Waals surface area contributed by atoms with Gasteiger partial charge in [-0.3, -0.25) is 0 Å². The molecule has 1 spiro atoms. The van der Waals surface area contributed by atoms with Crippen molar-refractivity contribution in [2.75, 3.05) is 0 Å². The van der Waals surface area contributed by atoms with Gasteiger partial charge >= 0.3 is 0 Å². The Morgan fingerprint density at radius 2 is 1.11 bits per heavy atom. The van der Waals surface area contributed by atoms with E-state index in [1.807, 2.05) is 13.8 Å². The van der Waals surface area contributed by atoms with Crippen LogP contribution in [0.3, 0.4) is 0 Å². The largest absolute Gasteiger partial charge is 0.206 e. The van der Waals surface area contributed by atoms with E-state index in [4.69, 9.17) is 0 Å². The molecule has 1 atom stereocenters. The van der Waals surface area contributed by atoms with Crippen molar-refractivity contribution in [3.63, 3.8) is 0 Å². The fourth-order valence-corrected chi connectivity index (χ4v) is 9.99. The van der Waals surface area contributed by atoms with E-state index >= 15 is 0 Å². The van der Waals surface area contributed by atoms with Crippen molar-refractivity contribution >= 4 is 28.8 Å². The van der Waals surface area contributed by atoms with Crippen LogP contribution in [0.4, 0.5) is 0 Å². The van der Waals surface area contributed by atoms with Crippen LogP contribution in [0.1, 0.15) is 157 Å². The Morgan fingerprint density at radius 3 is 1.65 bits per heavy atom. The molecule has 0 fully saturated rings. The van der Waals surface area contributed by atoms with Crippen molar-refractivity contribution in [2.45, 2.75) is 133 Å². The lowest BCUT2D eigenvalue weighted by Crippen LogP contribution is -2.41. The minimum Gasteiger partial charge on any atom is -0.104 e. The Hall–Kier alpha value is -5.66. The first-order chi connectivity index (χ1) is 31.8. The second-order valence-corrected chi connectivity index (χ2v) is 18.8. The molecule has 6 aromatic rings. The first-order valence-electron chi connectivity index (χ1n) is 25.1. The summed E-state index contributed by atoms with van der Waals surface area (Å²) in [6, 6.07) is 51.1. The summed E-state index contributed by atoms with van der Waals surface area (Å²) >= 11 is 0. The number of unbranched alkanes of at least 4 members (excludes halogenated alkanes) is 2. The van der Waals surface area contributed by atoms with Gasteiger partial charge in [0.15, 0.2) is 0 Å². The van der Waals surface area contributed by atoms with Crippen LogP contribution in [0.15, 0.2) is 170 Å². The topological polar surface area (TPSA) is 0 Å². The Bertz CT molecular complexity index is 2590. The van der Waals surface area contributed by atoms with Crippen molar-refractivity contribution in [3.8, 4) is 11.1 Å². The molecule has 0 radical (unpaired) electrons. The van der Waals surface area contributed by atoms with E-state index < -0.39 is 0 Å². The number of fused-ring (bicyclic) bond motifs is 8. The van der Waals surface area contributed by atoms with Crippen molar-refractivity contribution in [1.29, 1.82) is 0 Å². The molecule has 0 bridgehead atoms. The summed E-state index contributed by atoms with van der Waals surface area (Å²) in [5.41, 5.74) is 22.6. The lowest BCUT2D eigenvalue weighted by molar-refractivity contribution is 0.560. The third kappa shape index (κ3) is 10.0. The van der Waals surface area contributed by atoms with Gasteiger partial charge in [0.2, 0.25) is 6.71 Å². The van der Waals surface area contributed by atoms with E-state index in [1.54, 1.807) is 0 Å². The molecular weight excluding hydrogens is 792 g/mol. The van der Waals surface area contributed by atoms with Gasteiger partial charge in [-0.25, -0.2) is 0 Å². The molecule has 66 heavy (non-hydrogen) atoms. The maximum absolute atomic E-state index is 4.39. The van der Waals surface area contributed by atoms with Gasteiger partial charge in [0.05, 0.1) is 5.41 Å². The maximum Gasteiger partial charge on any atom is 0.206 e. The maximum atomic E-state index is 4.39. The van der Waals surface area contributed by atoms with Crippen LogP contribution in [-0.2, 0) is 10.8 Å². The molecule has 3 aliphatic carbocycles. The molecule has 3 aliphatic rings. The summed E-state index contributed by atoms with van der Waals surface area (Å²) in [6.45, 7) is 37.7. The van der Waals surface area contributed by atoms with Gasteiger partial charge in [-0.2, -0.15) is 0 Å². The predicted octanol–water partition coefficient (Wildman–Crippen LogP) is 18.3. The van der Waals surface area contributed by atoms with Gasteiger partial charge in [0.1, 0.15) is 0 Å². The molecule has 342 valence electrons. The van der Waals surface area contributed by atoms with Gasteiger partial charge in [0, 0.05) is 5.41 Å². The van der Waals surface area contributed by atoms with E-state index in [0.717, 1.165) is 17.5 Å². The number of hydrogen-bond donors (Lipinski definition) is 0. The summed E-state index contributed by atoms with van der Waals surface area (Å²) in [5, 5.41) is 0. The van der Waals surface area contributed by atoms with E-state index in [9.17, 15) is 0 Å². The molecule has 0 aliphatic heterocycles. The summed E-state index contributed by atoms with van der Waals surface area (Å²) in [4.78, 5) is 0. The van der Waals surface area contributed by atoms with Crippen LogP contribution >= 0.6 is 0 Å². The number of rotatable bonds is 7. The van der Waals surface area contributed by atoms with Gasteiger partial charge in [-0.1, -0.05) is 264 Å². The van der Waals surface area contributed by atoms with Crippen molar-refractivity contribution in [2.24, 2.45) is 5.92 Å². The Labute approximate surface area is 402 Å². The molecule has 0 saturated carbocycles. The monoisotopic (exact) mass is 871 g/mol. The standard InChI is InChI=1S/C32H30.C23H23B.2C4H10.C2H6/c1-20(2)22-13-11-19-28-30(22)29-21(3)12-10-18-27(29)32(28)25-16-8-6-14-23(25)31(4,5)24-15-7-9-17-26(24)32;1-17-10-8-9-13-22(17)23-16-20(15-14-18(23)2)19(3)24(4)21-11-6-5-7-12-21;2*1-3-4-2;1-2/h6-11,13-19,21H,1,12H2,2-5H3;5-16H,3H2,1-2,4H3;2*3-4H2,1-2H3;1-2H3. The molecule has 9 rings (SSSR count). The second kappa shape index (κ2) is 23.2. The van der Waals surface area contributed by atoms with Gasteiger partial charge < -0.3 is 0 Å². The quantitative estimate of drug-likeness (QED) is 0.140. The van der Waals surface area contributed by atoms with Crippen LogP contribution in [0.2, 0.25) is 6.82 Å². The van der Waals surface area contributed by atoms with Gasteiger partial charge in [-0.15, -0.1) is 6.58 Å². The predicted molar refractivity (Wildman–Crippen MR) is 296 cm³/mol. The Kier molecular flexibility index (Phi) is 18.0. The average molecular weight is 871 g/mol. The highest BCUT2D eigenvalue weighted by atomic mass is 14.6. The van der Waals surface area contributed by atoms with Crippen molar-refractivity contribution < 1.29 is 0 Å². The van der Waals surface area contributed by atoms with E-state index in [0.29, 0.717) is 12.6 Å². The summed E-state index contributed by atoms with van der Waals surface area (Å²) in [5.74, 6) is 0.489. The first-order valence-corrected chi connectivity index (χ1v) is 25.1. The second-order valence-electron chi connectivity index (χ2n) is 18.8. The summed E-state index contributed by atoms with van der Waals surface area (Å²) in [6.07, 6.45) is 11.2. The molecule has 1 heteroatoms. The molecule has 0 aromatic heterocycles. The molecule has 0 heterocycles. The van der Waals surface area contributed by atoms with Crippen molar-refractivity contribution in [3.05, 3.63) is 226 Å². The number of aryl methyl sites for hydroxylation is 2. The minimum atomic E-state index is -0.274. The zero-order valence-corrected chi connectivity index (χ0v) is 43.0. The SMILES string of the molecule is C=C(B(C)c1ccccc1)c1ccc(C)c(-c2ccccc2C)c1.C=C(C)c1cccc2c1C1=C(C=CCC1C)C21c2ccccc2C(C)(C)c2ccccc21.CC.CCCC.CCCC. The molecule has 6 aromatic carbocycles. The fourth-order valence-electron chi connectivity index (χ4n) is 9.99. The normalized spacial score (nSPS) is 15.0. The molecular formula is C65H79B. The minimum absolute atomic E-state index is 0.0438. The van der Waals surface area contributed by atoms with Crippen molar-refractivity contribution in [1.82, 2.24) is 0 Å². The Balaban J connectivity index is 0.000000212. The van der Waals surface area contributed by atoms with Gasteiger partial charge in [0.25, 0.3) is 0 Å².